The molecule has 0 atom stereocenters. The van der Waals surface area contributed by atoms with E-state index >= 15 is 0 Å². The Bertz CT molecular complexity index is 430. The molecule has 0 fully saturated rings. The van der Waals surface area contributed by atoms with Crippen LogP contribution in [0.5, 0.6) is 0 Å². The standard InChI is InChI=1S/C8H10N4/c1-5-7-4-9-12(3)8(7)11-6(2)10-5/h4H,1-3H3. The summed E-state index contributed by atoms with van der Waals surface area (Å²) in [5, 5.41) is 5.14. The molecule has 12 heavy (non-hydrogen) atoms. The molecule has 0 aliphatic carbocycles. The molecule has 2 aromatic rings. The lowest BCUT2D eigenvalue weighted by Gasteiger charge is -1.97. The minimum Gasteiger partial charge on any atom is -0.250 e. The number of aromatic nitrogens is 4. The van der Waals surface area contributed by atoms with E-state index in [0.717, 1.165) is 22.6 Å². The van der Waals surface area contributed by atoms with Crippen LogP contribution in [0.2, 0.25) is 0 Å². The molecule has 2 heterocycles. The van der Waals surface area contributed by atoms with Gasteiger partial charge in [0.05, 0.1) is 17.3 Å². The van der Waals surface area contributed by atoms with Gasteiger partial charge in [0.25, 0.3) is 0 Å². The molecule has 2 rings (SSSR count). The van der Waals surface area contributed by atoms with Gasteiger partial charge in [-0.05, 0) is 13.8 Å². The second-order valence-corrected chi connectivity index (χ2v) is 2.86. The third-order valence-electron chi connectivity index (χ3n) is 1.89. The van der Waals surface area contributed by atoms with Crippen molar-refractivity contribution in [3.63, 3.8) is 0 Å². The highest BCUT2D eigenvalue weighted by atomic mass is 15.3. The molecule has 4 heteroatoms. The van der Waals surface area contributed by atoms with E-state index in [2.05, 4.69) is 15.1 Å². The van der Waals surface area contributed by atoms with Crippen LogP contribution in [0.25, 0.3) is 11.0 Å². The maximum atomic E-state index is 4.29. The van der Waals surface area contributed by atoms with E-state index in [9.17, 15) is 0 Å². The molecule has 4 nitrogen and oxygen atoms in total. The summed E-state index contributed by atoms with van der Waals surface area (Å²) in [6.45, 7) is 3.86. The molecule has 0 radical (unpaired) electrons. The van der Waals surface area contributed by atoms with Crippen LogP contribution in [0.15, 0.2) is 6.20 Å². The van der Waals surface area contributed by atoms with Crippen LogP contribution >= 0.6 is 0 Å². The number of hydrogen-bond acceptors (Lipinski definition) is 3. The summed E-state index contributed by atoms with van der Waals surface area (Å²) in [5.41, 5.74) is 1.89. The van der Waals surface area contributed by atoms with E-state index in [1.807, 2.05) is 20.9 Å². The number of hydrogen-bond donors (Lipinski definition) is 0. The average molecular weight is 162 g/mol. The SMILES string of the molecule is Cc1nc(C)c2cnn(C)c2n1. The maximum absolute atomic E-state index is 4.29. The first kappa shape index (κ1) is 7.21. The van der Waals surface area contributed by atoms with E-state index < -0.39 is 0 Å². The Morgan fingerprint density at radius 2 is 2.00 bits per heavy atom. The molecule has 2 aromatic heterocycles. The van der Waals surface area contributed by atoms with E-state index in [1.165, 1.54) is 0 Å². The summed E-state index contributed by atoms with van der Waals surface area (Å²) < 4.78 is 1.76. The molecule has 0 aliphatic heterocycles. The lowest BCUT2D eigenvalue weighted by atomic mass is 10.3. The molecule has 62 valence electrons. The minimum atomic E-state index is 0.795. The first-order valence-corrected chi connectivity index (χ1v) is 3.81. The molecule has 0 saturated carbocycles. The molecule has 0 unspecified atom stereocenters. The van der Waals surface area contributed by atoms with Crippen LogP contribution in [0.1, 0.15) is 11.5 Å². The van der Waals surface area contributed by atoms with Gasteiger partial charge in [-0.2, -0.15) is 5.10 Å². The fourth-order valence-corrected chi connectivity index (χ4v) is 1.30. The average Bonchev–Trinajstić information content (AvgIpc) is 2.33. The third-order valence-corrected chi connectivity index (χ3v) is 1.89. The number of fused-ring (bicyclic) bond motifs is 1. The van der Waals surface area contributed by atoms with Crippen molar-refractivity contribution in [2.24, 2.45) is 7.05 Å². The normalized spacial score (nSPS) is 10.9. The summed E-state index contributed by atoms with van der Waals surface area (Å²) in [5.74, 6) is 0.795. The monoisotopic (exact) mass is 162 g/mol. The summed E-state index contributed by atoms with van der Waals surface area (Å²) in [6.07, 6.45) is 1.80. The van der Waals surface area contributed by atoms with Gasteiger partial charge in [0, 0.05) is 7.05 Å². The Morgan fingerprint density at radius 1 is 1.25 bits per heavy atom. The van der Waals surface area contributed by atoms with Gasteiger partial charge < -0.3 is 0 Å². The van der Waals surface area contributed by atoms with Gasteiger partial charge >= 0.3 is 0 Å². The highest BCUT2D eigenvalue weighted by Gasteiger charge is 2.04. The quantitative estimate of drug-likeness (QED) is 0.580. The van der Waals surface area contributed by atoms with Crippen LogP contribution in [0, 0.1) is 13.8 Å². The molecule has 0 N–H and O–H groups in total. The zero-order valence-electron chi connectivity index (χ0n) is 7.37. The molecule has 0 amide bonds. The molecule has 0 aromatic carbocycles. The van der Waals surface area contributed by atoms with Crippen LogP contribution in [-0.4, -0.2) is 19.7 Å². The van der Waals surface area contributed by atoms with Crippen molar-refractivity contribution >= 4 is 11.0 Å². The molecular weight excluding hydrogens is 152 g/mol. The Balaban J connectivity index is 2.92. The predicted molar refractivity (Wildman–Crippen MR) is 45.8 cm³/mol. The van der Waals surface area contributed by atoms with Crippen molar-refractivity contribution in [2.75, 3.05) is 0 Å². The summed E-state index contributed by atoms with van der Waals surface area (Å²) in [4.78, 5) is 8.54. The zero-order valence-corrected chi connectivity index (χ0v) is 7.37. The molecule has 0 aliphatic rings. The summed E-state index contributed by atoms with van der Waals surface area (Å²) >= 11 is 0. The van der Waals surface area contributed by atoms with Crippen LogP contribution in [0.4, 0.5) is 0 Å². The van der Waals surface area contributed by atoms with Gasteiger partial charge in [0.15, 0.2) is 5.65 Å². The first-order valence-electron chi connectivity index (χ1n) is 3.81. The van der Waals surface area contributed by atoms with Crippen molar-refractivity contribution in [3.05, 3.63) is 17.7 Å². The van der Waals surface area contributed by atoms with Gasteiger partial charge in [0.2, 0.25) is 0 Å². The fourth-order valence-electron chi connectivity index (χ4n) is 1.30. The van der Waals surface area contributed by atoms with Crippen LogP contribution in [0.3, 0.4) is 0 Å². The van der Waals surface area contributed by atoms with Crippen LogP contribution in [-0.2, 0) is 7.05 Å². The number of rotatable bonds is 0. The largest absolute Gasteiger partial charge is 0.250 e. The van der Waals surface area contributed by atoms with Gasteiger partial charge in [-0.3, -0.25) is 4.68 Å². The summed E-state index contributed by atoms with van der Waals surface area (Å²) in [6, 6.07) is 0. The van der Waals surface area contributed by atoms with E-state index in [4.69, 9.17) is 0 Å². The van der Waals surface area contributed by atoms with Gasteiger partial charge in [-0.1, -0.05) is 0 Å². The maximum Gasteiger partial charge on any atom is 0.161 e. The molecular formula is C8H10N4. The van der Waals surface area contributed by atoms with Crippen molar-refractivity contribution < 1.29 is 0 Å². The highest BCUT2D eigenvalue weighted by Crippen LogP contribution is 2.12. The Labute approximate surface area is 70.3 Å². The van der Waals surface area contributed by atoms with Gasteiger partial charge in [-0.15, -0.1) is 0 Å². The lowest BCUT2D eigenvalue weighted by molar-refractivity contribution is 0.782. The second kappa shape index (κ2) is 2.27. The molecule has 0 spiro atoms. The van der Waals surface area contributed by atoms with E-state index in [-0.39, 0.29) is 0 Å². The third kappa shape index (κ3) is 0.879. The first-order chi connectivity index (χ1) is 5.68. The molecule has 0 saturated heterocycles. The van der Waals surface area contributed by atoms with Crippen LogP contribution < -0.4 is 0 Å². The van der Waals surface area contributed by atoms with Crippen molar-refractivity contribution in [1.82, 2.24) is 19.7 Å². The van der Waals surface area contributed by atoms with Crippen molar-refractivity contribution in [3.8, 4) is 0 Å². The highest BCUT2D eigenvalue weighted by molar-refractivity contribution is 5.76. The van der Waals surface area contributed by atoms with Gasteiger partial charge in [-0.25, -0.2) is 9.97 Å². The van der Waals surface area contributed by atoms with Gasteiger partial charge in [0.1, 0.15) is 5.82 Å². The second-order valence-electron chi connectivity index (χ2n) is 2.86. The predicted octanol–water partition coefficient (Wildman–Crippen LogP) is 0.980. The summed E-state index contributed by atoms with van der Waals surface area (Å²) in [7, 11) is 1.88. The number of nitrogens with zero attached hydrogens (tertiary/aromatic N) is 4. The number of aryl methyl sites for hydroxylation is 3. The topological polar surface area (TPSA) is 43.6 Å². The molecule has 0 bridgehead atoms. The smallest absolute Gasteiger partial charge is 0.161 e. The lowest BCUT2D eigenvalue weighted by Crippen LogP contribution is -1.96. The van der Waals surface area contributed by atoms with Crippen molar-refractivity contribution in [1.29, 1.82) is 0 Å². The minimum absolute atomic E-state index is 0.795. The zero-order chi connectivity index (χ0) is 8.72. The van der Waals surface area contributed by atoms with E-state index in [1.54, 1.807) is 10.9 Å². The Morgan fingerprint density at radius 3 is 2.75 bits per heavy atom. The van der Waals surface area contributed by atoms with Crippen molar-refractivity contribution in [2.45, 2.75) is 13.8 Å². The fraction of sp³-hybridized carbons (Fsp3) is 0.375. The Kier molecular flexibility index (Phi) is 1.36. The Hall–Kier alpha value is -1.45. The van der Waals surface area contributed by atoms with E-state index in [0.29, 0.717) is 0 Å².